The average molecular weight is 481 g/mol. The molecule has 1 aromatic heterocycles. The van der Waals surface area contributed by atoms with E-state index in [-0.39, 0.29) is 23.8 Å². The molecule has 190 valence electrons. The van der Waals surface area contributed by atoms with Crippen LogP contribution in [0.3, 0.4) is 0 Å². The Kier molecular flexibility index (Phi) is 7.82. The molecule has 1 atom stereocenters. The van der Waals surface area contributed by atoms with E-state index in [0.717, 1.165) is 42.7 Å². The van der Waals surface area contributed by atoms with Gasteiger partial charge in [-0.05, 0) is 56.4 Å². The summed E-state index contributed by atoms with van der Waals surface area (Å²) in [7, 11) is 0. The smallest absolute Gasteiger partial charge is 0.273 e. The van der Waals surface area contributed by atoms with Crippen LogP contribution in [0.1, 0.15) is 100 Å². The van der Waals surface area contributed by atoms with Gasteiger partial charge in [-0.1, -0.05) is 58.1 Å². The van der Waals surface area contributed by atoms with E-state index in [1.165, 1.54) is 19.3 Å². The maximum Gasteiger partial charge on any atom is 0.273 e. The maximum atomic E-state index is 13.9. The van der Waals surface area contributed by atoms with Crippen molar-refractivity contribution >= 4 is 11.8 Å². The van der Waals surface area contributed by atoms with Crippen LogP contribution in [-0.4, -0.2) is 44.7 Å². The predicted octanol–water partition coefficient (Wildman–Crippen LogP) is 5.05. The number of nitrogens with one attached hydrogen (secondary N) is 1. The quantitative estimate of drug-likeness (QED) is 0.602. The summed E-state index contributed by atoms with van der Waals surface area (Å²) in [5.41, 5.74) is 1.35. The highest BCUT2D eigenvalue weighted by atomic mass is 16.5. The molecule has 1 fully saturated rings. The molecular formula is C28H40N4O3. The molecule has 2 aromatic rings. The number of amides is 2. The second kappa shape index (κ2) is 10.8. The SMILES string of the molecule is CCOc1ccc(CN2C(=O)c3cc(C(C)C)nn3C[C@@]2(C)C(=O)NC2CCCCCCC2)cc1. The molecular weight excluding hydrogens is 440 g/mol. The third-order valence-electron chi connectivity index (χ3n) is 7.41. The number of nitrogens with zero attached hydrogens (tertiary/aromatic N) is 3. The molecule has 7 heteroatoms. The van der Waals surface area contributed by atoms with Gasteiger partial charge in [0.05, 0.1) is 18.8 Å². The molecule has 2 heterocycles. The van der Waals surface area contributed by atoms with E-state index >= 15 is 0 Å². The molecule has 0 spiro atoms. The zero-order valence-corrected chi connectivity index (χ0v) is 21.7. The number of hydrogen-bond donors (Lipinski definition) is 1. The van der Waals surface area contributed by atoms with Gasteiger partial charge in [0.15, 0.2) is 0 Å². The fourth-order valence-electron chi connectivity index (χ4n) is 5.17. The molecule has 0 saturated heterocycles. The minimum absolute atomic E-state index is 0.0883. The number of benzene rings is 1. The van der Waals surface area contributed by atoms with Crippen molar-refractivity contribution in [3.8, 4) is 5.75 Å². The minimum Gasteiger partial charge on any atom is -0.494 e. The average Bonchev–Trinajstić information content (AvgIpc) is 3.24. The van der Waals surface area contributed by atoms with E-state index < -0.39 is 5.54 Å². The standard InChI is InChI=1S/C28H40N4O3/c1-5-35-23-15-13-21(14-16-23)18-31-26(33)25-17-24(20(2)3)30-32(25)19-28(31,4)27(34)29-22-11-9-7-6-8-10-12-22/h13-17,20,22H,5-12,18-19H2,1-4H3,(H,29,34)/t28-/m0/s1. The summed E-state index contributed by atoms with van der Waals surface area (Å²) in [5.74, 6) is 0.760. The van der Waals surface area contributed by atoms with Crippen molar-refractivity contribution in [1.29, 1.82) is 0 Å². The van der Waals surface area contributed by atoms with Gasteiger partial charge in [-0.2, -0.15) is 5.10 Å². The topological polar surface area (TPSA) is 76.5 Å². The van der Waals surface area contributed by atoms with E-state index in [1.807, 2.05) is 44.2 Å². The van der Waals surface area contributed by atoms with Crippen molar-refractivity contribution in [3.05, 3.63) is 47.3 Å². The normalized spacial score (nSPS) is 21.4. The first-order valence-electron chi connectivity index (χ1n) is 13.2. The highest BCUT2D eigenvalue weighted by molar-refractivity contribution is 5.99. The number of ether oxygens (including phenoxy) is 1. The van der Waals surface area contributed by atoms with Crippen molar-refractivity contribution in [2.75, 3.05) is 6.61 Å². The van der Waals surface area contributed by atoms with Crippen molar-refractivity contribution in [2.24, 2.45) is 0 Å². The fraction of sp³-hybridized carbons (Fsp3) is 0.607. The highest BCUT2D eigenvalue weighted by Crippen LogP contribution is 2.31. The van der Waals surface area contributed by atoms with Gasteiger partial charge in [-0.15, -0.1) is 0 Å². The monoisotopic (exact) mass is 480 g/mol. The first-order chi connectivity index (χ1) is 16.8. The van der Waals surface area contributed by atoms with Gasteiger partial charge in [0, 0.05) is 12.6 Å². The predicted molar refractivity (Wildman–Crippen MR) is 136 cm³/mol. The number of hydrogen-bond acceptors (Lipinski definition) is 4. The van der Waals surface area contributed by atoms with E-state index in [0.29, 0.717) is 25.4 Å². The molecule has 0 bridgehead atoms. The first kappa shape index (κ1) is 25.3. The maximum absolute atomic E-state index is 13.9. The van der Waals surface area contributed by atoms with E-state index in [9.17, 15) is 9.59 Å². The first-order valence-corrected chi connectivity index (χ1v) is 13.2. The lowest BCUT2D eigenvalue weighted by molar-refractivity contribution is -0.134. The molecule has 2 aliphatic rings. The Labute approximate surface area is 209 Å². The van der Waals surface area contributed by atoms with Crippen LogP contribution in [0.5, 0.6) is 5.75 Å². The zero-order chi connectivity index (χ0) is 25.0. The number of aromatic nitrogens is 2. The van der Waals surface area contributed by atoms with Gasteiger partial charge in [-0.25, -0.2) is 0 Å². The lowest BCUT2D eigenvalue weighted by Gasteiger charge is -2.44. The number of fused-ring (bicyclic) bond motifs is 1. The van der Waals surface area contributed by atoms with Crippen LogP contribution >= 0.6 is 0 Å². The summed E-state index contributed by atoms with van der Waals surface area (Å²) in [6.07, 6.45) is 8.00. The second-order valence-corrected chi connectivity index (χ2v) is 10.5. The molecule has 0 radical (unpaired) electrons. The van der Waals surface area contributed by atoms with E-state index in [1.54, 1.807) is 9.58 Å². The molecule has 4 rings (SSSR count). The third kappa shape index (κ3) is 5.54. The minimum atomic E-state index is -1.04. The number of carbonyl (C=O) groups is 2. The summed E-state index contributed by atoms with van der Waals surface area (Å²) < 4.78 is 7.31. The molecule has 1 aromatic carbocycles. The fourth-order valence-corrected chi connectivity index (χ4v) is 5.17. The Balaban J connectivity index is 1.63. The molecule has 2 amide bonds. The summed E-state index contributed by atoms with van der Waals surface area (Å²) in [6, 6.07) is 9.81. The molecule has 7 nitrogen and oxygen atoms in total. The van der Waals surface area contributed by atoms with Gasteiger partial charge in [0.1, 0.15) is 17.0 Å². The van der Waals surface area contributed by atoms with E-state index in [2.05, 4.69) is 19.2 Å². The lowest BCUT2D eigenvalue weighted by Crippen LogP contribution is -2.64. The van der Waals surface area contributed by atoms with Gasteiger partial charge in [-0.3, -0.25) is 14.3 Å². The Hall–Kier alpha value is -2.83. The van der Waals surface area contributed by atoms with Crippen molar-refractivity contribution in [3.63, 3.8) is 0 Å². The van der Waals surface area contributed by atoms with Crippen LogP contribution < -0.4 is 10.1 Å². The number of carbonyl (C=O) groups excluding carboxylic acids is 2. The van der Waals surface area contributed by atoms with Crippen LogP contribution in [0.15, 0.2) is 30.3 Å². The van der Waals surface area contributed by atoms with Crippen LogP contribution in [0.4, 0.5) is 0 Å². The Morgan fingerprint density at radius 1 is 1.14 bits per heavy atom. The molecule has 1 aliphatic heterocycles. The van der Waals surface area contributed by atoms with Crippen molar-refractivity contribution in [1.82, 2.24) is 20.0 Å². The Bertz CT molecular complexity index is 1020. The van der Waals surface area contributed by atoms with E-state index in [4.69, 9.17) is 9.84 Å². The summed E-state index contributed by atoms with van der Waals surface area (Å²) in [5, 5.41) is 8.02. The van der Waals surface area contributed by atoms with Crippen molar-refractivity contribution < 1.29 is 14.3 Å². The largest absolute Gasteiger partial charge is 0.494 e. The van der Waals surface area contributed by atoms with Crippen LogP contribution in [0, 0.1) is 0 Å². The Morgan fingerprint density at radius 3 is 2.43 bits per heavy atom. The van der Waals surface area contributed by atoms with Crippen LogP contribution in [0.25, 0.3) is 0 Å². The highest BCUT2D eigenvalue weighted by Gasteiger charge is 2.48. The van der Waals surface area contributed by atoms with Crippen molar-refractivity contribution in [2.45, 2.75) is 103 Å². The lowest BCUT2D eigenvalue weighted by atomic mass is 9.91. The molecule has 0 unspecified atom stereocenters. The molecule has 35 heavy (non-hydrogen) atoms. The summed E-state index contributed by atoms with van der Waals surface area (Å²) >= 11 is 0. The second-order valence-electron chi connectivity index (χ2n) is 10.5. The zero-order valence-electron chi connectivity index (χ0n) is 21.7. The van der Waals surface area contributed by atoms with Crippen LogP contribution in [0.2, 0.25) is 0 Å². The molecule has 1 N–H and O–H groups in total. The van der Waals surface area contributed by atoms with Gasteiger partial charge in [0.2, 0.25) is 5.91 Å². The van der Waals surface area contributed by atoms with Gasteiger partial charge < -0.3 is 15.0 Å². The van der Waals surface area contributed by atoms with Gasteiger partial charge >= 0.3 is 0 Å². The molecule has 1 saturated carbocycles. The Morgan fingerprint density at radius 2 is 1.80 bits per heavy atom. The number of rotatable bonds is 7. The molecule has 1 aliphatic carbocycles. The third-order valence-corrected chi connectivity index (χ3v) is 7.41. The summed E-state index contributed by atoms with van der Waals surface area (Å²) in [6.45, 7) is 9.27. The van der Waals surface area contributed by atoms with Gasteiger partial charge in [0.25, 0.3) is 5.91 Å². The van der Waals surface area contributed by atoms with Crippen LogP contribution in [-0.2, 0) is 17.9 Å². The summed E-state index contributed by atoms with van der Waals surface area (Å²) in [4.78, 5) is 29.4.